The molecule has 0 spiro atoms. The van der Waals surface area contributed by atoms with Crippen molar-refractivity contribution in [1.29, 1.82) is 0 Å². The number of carbonyl (C=O) groups excluding carboxylic acids is 1. The van der Waals surface area contributed by atoms with Gasteiger partial charge < -0.3 is 15.4 Å². The van der Waals surface area contributed by atoms with Crippen LogP contribution in [-0.2, 0) is 0 Å². The summed E-state index contributed by atoms with van der Waals surface area (Å²) in [6, 6.07) is 11.1. The maximum atomic E-state index is 12.5. The van der Waals surface area contributed by atoms with Gasteiger partial charge in [-0.15, -0.1) is 0 Å². The average molecular weight is 376 g/mol. The molecule has 2 aromatic rings. The van der Waals surface area contributed by atoms with Crippen molar-refractivity contribution in [3.05, 3.63) is 52.6 Å². The summed E-state index contributed by atoms with van der Waals surface area (Å²) >= 11 is 3.38. The molecule has 1 amide bonds. The first kappa shape index (κ1) is 16.0. The third kappa shape index (κ3) is 4.30. The number of nitrogens with zero attached hydrogens (tertiary/aromatic N) is 1. The SMILES string of the molecule is O=C(NC1CCNCC1)c1cccnc1Oc1ccc(Br)cc1. The first-order chi connectivity index (χ1) is 11.2. The van der Waals surface area contributed by atoms with Crippen molar-refractivity contribution >= 4 is 21.8 Å². The summed E-state index contributed by atoms with van der Waals surface area (Å²) in [4.78, 5) is 16.7. The fourth-order valence-electron chi connectivity index (χ4n) is 2.49. The van der Waals surface area contributed by atoms with E-state index in [4.69, 9.17) is 4.74 Å². The van der Waals surface area contributed by atoms with E-state index < -0.39 is 0 Å². The number of carbonyl (C=O) groups is 1. The molecule has 2 N–H and O–H groups in total. The highest BCUT2D eigenvalue weighted by atomic mass is 79.9. The number of hydrogen-bond acceptors (Lipinski definition) is 4. The third-order valence-electron chi connectivity index (χ3n) is 3.72. The molecular weight excluding hydrogens is 358 g/mol. The Morgan fingerprint density at radius 3 is 2.70 bits per heavy atom. The minimum absolute atomic E-state index is 0.142. The molecule has 0 radical (unpaired) electrons. The standard InChI is InChI=1S/C17H18BrN3O2/c18-12-3-5-14(6-4-12)23-17-15(2-1-9-20-17)16(22)21-13-7-10-19-11-8-13/h1-6,9,13,19H,7-8,10-11H2,(H,21,22). The van der Waals surface area contributed by atoms with Gasteiger partial charge in [0, 0.05) is 16.7 Å². The minimum Gasteiger partial charge on any atom is -0.438 e. The van der Waals surface area contributed by atoms with Crippen LogP contribution in [0.1, 0.15) is 23.2 Å². The molecule has 0 bridgehead atoms. The molecular formula is C17H18BrN3O2. The van der Waals surface area contributed by atoms with Gasteiger partial charge in [0.2, 0.25) is 5.88 Å². The van der Waals surface area contributed by atoms with Crippen LogP contribution in [0.4, 0.5) is 0 Å². The van der Waals surface area contributed by atoms with Crippen molar-refractivity contribution in [3.63, 3.8) is 0 Å². The first-order valence-corrected chi connectivity index (χ1v) is 8.42. The number of halogens is 1. The molecule has 0 atom stereocenters. The van der Waals surface area contributed by atoms with Crippen molar-refractivity contribution in [2.24, 2.45) is 0 Å². The van der Waals surface area contributed by atoms with E-state index in [0.29, 0.717) is 17.2 Å². The zero-order valence-corrected chi connectivity index (χ0v) is 14.2. The van der Waals surface area contributed by atoms with Gasteiger partial charge >= 0.3 is 0 Å². The van der Waals surface area contributed by atoms with Gasteiger partial charge in [-0.3, -0.25) is 4.79 Å². The molecule has 1 fully saturated rings. The lowest BCUT2D eigenvalue weighted by Gasteiger charge is -2.23. The monoisotopic (exact) mass is 375 g/mol. The summed E-state index contributed by atoms with van der Waals surface area (Å²) in [5.41, 5.74) is 0.453. The van der Waals surface area contributed by atoms with Gasteiger partial charge in [-0.05, 0) is 62.3 Å². The van der Waals surface area contributed by atoms with Gasteiger partial charge in [0.15, 0.2) is 0 Å². The number of pyridine rings is 1. The van der Waals surface area contributed by atoms with Crippen LogP contribution in [0.5, 0.6) is 11.6 Å². The highest BCUT2D eigenvalue weighted by Gasteiger charge is 2.19. The second-order valence-corrected chi connectivity index (χ2v) is 6.33. The molecule has 2 heterocycles. The predicted molar refractivity (Wildman–Crippen MR) is 91.8 cm³/mol. The van der Waals surface area contributed by atoms with E-state index in [0.717, 1.165) is 30.4 Å². The van der Waals surface area contributed by atoms with Crippen LogP contribution in [0.2, 0.25) is 0 Å². The van der Waals surface area contributed by atoms with Gasteiger partial charge in [0.1, 0.15) is 11.3 Å². The number of nitrogens with one attached hydrogen (secondary N) is 2. The normalized spacial score (nSPS) is 15.2. The topological polar surface area (TPSA) is 63.2 Å². The van der Waals surface area contributed by atoms with Crippen LogP contribution in [-0.4, -0.2) is 30.0 Å². The highest BCUT2D eigenvalue weighted by Crippen LogP contribution is 2.24. The predicted octanol–water partition coefficient (Wildman–Crippen LogP) is 3.12. The number of benzene rings is 1. The van der Waals surface area contributed by atoms with Crippen molar-refractivity contribution in [2.45, 2.75) is 18.9 Å². The van der Waals surface area contributed by atoms with Crippen molar-refractivity contribution in [1.82, 2.24) is 15.6 Å². The molecule has 0 saturated carbocycles. The Morgan fingerprint density at radius 1 is 1.22 bits per heavy atom. The van der Waals surface area contributed by atoms with E-state index in [1.165, 1.54) is 0 Å². The smallest absolute Gasteiger partial charge is 0.257 e. The van der Waals surface area contributed by atoms with E-state index in [1.807, 2.05) is 24.3 Å². The first-order valence-electron chi connectivity index (χ1n) is 7.62. The Kier molecular flexibility index (Phi) is 5.25. The Labute approximate surface area is 143 Å². The van der Waals surface area contributed by atoms with E-state index in [1.54, 1.807) is 18.3 Å². The number of piperidine rings is 1. The summed E-state index contributed by atoms with van der Waals surface area (Å²) < 4.78 is 6.74. The molecule has 23 heavy (non-hydrogen) atoms. The molecule has 0 unspecified atom stereocenters. The van der Waals surface area contributed by atoms with E-state index >= 15 is 0 Å². The highest BCUT2D eigenvalue weighted by molar-refractivity contribution is 9.10. The van der Waals surface area contributed by atoms with Gasteiger partial charge in [0.05, 0.1) is 0 Å². The number of ether oxygens (including phenoxy) is 1. The molecule has 1 aliphatic rings. The lowest BCUT2D eigenvalue weighted by molar-refractivity contribution is 0.0926. The lowest BCUT2D eigenvalue weighted by atomic mass is 10.1. The summed E-state index contributed by atoms with van der Waals surface area (Å²) in [7, 11) is 0. The quantitative estimate of drug-likeness (QED) is 0.861. The largest absolute Gasteiger partial charge is 0.438 e. The molecule has 1 saturated heterocycles. The van der Waals surface area contributed by atoms with E-state index in [2.05, 4.69) is 31.5 Å². The average Bonchev–Trinajstić information content (AvgIpc) is 2.58. The molecule has 1 aromatic heterocycles. The Balaban J connectivity index is 1.74. The molecule has 120 valence electrons. The second-order valence-electron chi connectivity index (χ2n) is 5.41. The second kappa shape index (κ2) is 7.57. The number of rotatable bonds is 4. The Morgan fingerprint density at radius 2 is 1.96 bits per heavy atom. The van der Waals surface area contributed by atoms with Crippen molar-refractivity contribution < 1.29 is 9.53 Å². The van der Waals surface area contributed by atoms with Crippen LogP contribution >= 0.6 is 15.9 Å². The third-order valence-corrected chi connectivity index (χ3v) is 4.25. The zero-order valence-electron chi connectivity index (χ0n) is 12.6. The molecule has 1 aliphatic heterocycles. The molecule has 3 rings (SSSR count). The van der Waals surface area contributed by atoms with Crippen molar-refractivity contribution in [3.8, 4) is 11.6 Å². The fraction of sp³-hybridized carbons (Fsp3) is 0.294. The lowest BCUT2D eigenvalue weighted by Crippen LogP contribution is -2.42. The molecule has 1 aromatic carbocycles. The van der Waals surface area contributed by atoms with Crippen LogP contribution in [0.3, 0.4) is 0 Å². The van der Waals surface area contributed by atoms with Crippen molar-refractivity contribution in [2.75, 3.05) is 13.1 Å². The van der Waals surface area contributed by atoms with Crippen LogP contribution in [0.15, 0.2) is 47.1 Å². The summed E-state index contributed by atoms with van der Waals surface area (Å²) in [6.45, 7) is 1.86. The van der Waals surface area contributed by atoms with Gasteiger partial charge in [0.25, 0.3) is 5.91 Å². The van der Waals surface area contributed by atoms with Crippen LogP contribution < -0.4 is 15.4 Å². The Hall–Kier alpha value is -1.92. The minimum atomic E-state index is -0.142. The van der Waals surface area contributed by atoms with E-state index in [9.17, 15) is 4.79 Å². The van der Waals surface area contributed by atoms with Crippen LogP contribution in [0.25, 0.3) is 0 Å². The summed E-state index contributed by atoms with van der Waals surface area (Å²) in [5.74, 6) is 0.821. The zero-order chi connectivity index (χ0) is 16.1. The summed E-state index contributed by atoms with van der Waals surface area (Å²) in [5, 5.41) is 6.35. The summed E-state index contributed by atoms with van der Waals surface area (Å²) in [6.07, 6.45) is 3.50. The molecule has 0 aliphatic carbocycles. The van der Waals surface area contributed by atoms with Crippen LogP contribution in [0, 0.1) is 0 Å². The maximum absolute atomic E-state index is 12.5. The van der Waals surface area contributed by atoms with Gasteiger partial charge in [-0.2, -0.15) is 0 Å². The molecule has 6 heteroatoms. The van der Waals surface area contributed by atoms with Gasteiger partial charge in [-0.1, -0.05) is 15.9 Å². The van der Waals surface area contributed by atoms with Gasteiger partial charge in [-0.25, -0.2) is 4.98 Å². The van der Waals surface area contributed by atoms with E-state index in [-0.39, 0.29) is 11.9 Å². The fourth-order valence-corrected chi connectivity index (χ4v) is 2.75. The number of aromatic nitrogens is 1. The molecule has 5 nitrogen and oxygen atoms in total. The maximum Gasteiger partial charge on any atom is 0.257 e. The number of hydrogen-bond donors (Lipinski definition) is 2. The Bertz CT molecular complexity index is 670. The number of amides is 1.